The Labute approximate surface area is 345 Å². The first-order valence-electron chi connectivity index (χ1n) is 23.3. The predicted octanol–water partition coefficient (Wildman–Crippen LogP) is 14.9. The summed E-state index contributed by atoms with van der Waals surface area (Å²) >= 11 is 0. The highest BCUT2D eigenvalue weighted by molar-refractivity contribution is 5.71. The summed E-state index contributed by atoms with van der Waals surface area (Å²) in [5.41, 5.74) is 0. The van der Waals surface area contributed by atoms with Crippen LogP contribution < -0.4 is 0 Å². The molecule has 6 nitrogen and oxygen atoms in total. The highest BCUT2D eigenvalue weighted by Crippen LogP contribution is 2.13. The number of esters is 3. The van der Waals surface area contributed by atoms with Gasteiger partial charge in [0.15, 0.2) is 6.10 Å². The second kappa shape index (κ2) is 44.8. The third-order valence-electron chi connectivity index (χ3n) is 9.76. The molecule has 0 aromatic rings. The van der Waals surface area contributed by atoms with Gasteiger partial charge in [0, 0.05) is 19.3 Å². The van der Waals surface area contributed by atoms with Gasteiger partial charge in [0.05, 0.1) is 0 Å². The molecule has 1 unspecified atom stereocenters. The maximum atomic E-state index is 12.7. The van der Waals surface area contributed by atoms with Crippen molar-refractivity contribution >= 4 is 17.9 Å². The standard InChI is InChI=1S/C50H86O6/c1-4-7-10-13-16-19-21-23-24-25-26-28-29-31-34-37-40-43-49(52)55-46-47(45-54-48(51)42-39-36-33-18-15-12-9-6-3)56-50(53)44-41-38-35-32-30-27-22-20-17-14-11-8-5-2/h8,11,16-17,19-20,23-24,27,30,47H,4-7,9-10,12-15,18,21-22,25-26,28-29,31-46H2,1-3H3/b11-8-,19-16-,20-17-,24-23-,30-27-. The predicted molar refractivity (Wildman–Crippen MR) is 238 cm³/mol. The molecule has 0 saturated heterocycles. The molecule has 0 fully saturated rings. The van der Waals surface area contributed by atoms with Crippen LogP contribution in [0.2, 0.25) is 0 Å². The summed E-state index contributed by atoms with van der Waals surface area (Å²) in [6.07, 6.45) is 53.5. The van der Waals surface area contributed by atoms with Crippen molar-refractivity contribution in [3.8, 4) is 0 Å². The van der Waals surface area contributed by atoms with Crippen molar-refractivity contribution in [1.29, 1.82) is 0 Å². The van der Waals surface area contributed by atoms with Crippen molar-refractivity contribution in [1.82, 2.24) is 0 Å². The van der Waals surface area contributed by atoms with E-state index < -0.39 is 6.10 Å². The lowest BCUT2D eigenvalue weighted by Crippen LogP contribution is -2.30. The zero-order chi connectivity index (χ0) is 40.8. The van der Waals surface area contributed by atoms with Crippen LogP contribution in [0.5, 0.6) is 0 Å². The molecule has 6 heteroatoms. The fraction of sp³-hybridized carbons (Fsp3) is 0.740. The summed E-state index contributed by atoms with van der Waals surface area (Å²) < 4.78 is 16.7. The van der Waals surface area contributed by atoms with Gasteiger partial charge in [-0.25, -0.2) is 0 Å². The topological polar surface area (TPSA) is 78.9 Å². The average Bonchev–Trinajstić information content (AvgIpc) is 3.19. The van der Waals surface area contributed by atoms with Gasteiger partial charge in [0.1, 0.15) is 13.2 Å². The first kappa shape index (κ1) is 53.1. The van der Waals surface area contributed by atoms with Gasteiger partial charge in [0.2, 0.25) is 0 Å². The molecule has 0 aliphatic rings. The van der Waals surface area contributed by atoms with Gasteiger partial charge < -0.3 is 14.2 Å². The van der Waals surface area contributed by atoms with Crippen LogP contribution in [0.1, 0.15) is 220 Å². The number of unbranched alkanes of at least 4 members (excludes halogenated alkanes) is 20. The molecule has 0 aromatic carbocycles. The van der Waals surface area contributed by atoms with Crippen LogP contribution in [0.15, 0.2) is 60.8 Å². The molecule has 0 aliphatic carbocycles. The molecular weight excluding hydrogens is 697 g/mol. The monoisotopic (exact) mass is 783 g/mol. The number of carbonyl (C=O) groups excluding carboxylic acids is 3. The van der Waals surface area contributed by atoms with Crippen LogP contribution in [0, 0.1) is 0 Å². The van der Waals surface area contributed by atoms with Crippen molar-refractivity contribution in [2.75, 3.05) is 13.2 Å². The third-order valence-corrected chi connectivity index (χ3v) is 9.76. The zero-order valence-corrected chi connectivity index (χ0v) is 36.6. The SMILES string of the molecule is CC/C=C\C/C=C\C/C=C\CCCCCC(=O)OC(COC(=O)CCCCCCCCCC)COC(=O)CCCCCCCCC/C=C\C/C=C\CCCCC. The maximum absolute atomic E-state index is 12.7. The van der Waals surface area contributed by atoms with Crippen LogP contribution in [-0.2, 0) is 28.6 Å². The van der Waals surface area contributed by atoms with Crippen LogP contribution in [0.25, 0.3) is 0 Å². The van der Waals surface area contributed by atoms with Crippen molar-refractivity contribution in [3.05, 3.63) is 60.8 Å². The summed E-state index contributed by atoms with van der Waals surface area (Å²) in [7, 11) is 0. The van der Waals surface area contributed by atoms with E-state index in [0.717, 1.165) is 96.3 Å². The van der Waals surface area contributed by atoms with Crippen molar-refractivity contribution in [2.45, 2.75) is 226 Å². The smallest absolute Gasteiger partial charge is 0.306 e. The Kier molecular flexibility index (Phi) is 42.5. The van der Waals surface area contributed by atoms with E-state index in [2.05, 4.69) is 81.5 Å². The van der Waals surface area contributed by atoms with Gasteiger partial charge in [-0.2, -0.15) is 0 Å². The van der Waals surface area contributed by atoms with Gasteiger partial charge in [-0.1, -0.05) is 178 Å². The number of hydrogen-bond donors (Lipinski definition) is 0. The van der Waals surface area contributed by atoms with Crippen molar-refractivity contribution in [3.63, 3.8) is 0 Å². The van der Waals surface area contributed by atoms with Gasteiger partial charge in [-0.3, -0.25) is 14.4 Å². The first-order chi connectivity index (χ1) is 27.5. The molecule has 0 N–H and O–H groups in total. The quantitative estimate of drug-likeness (QED) is 0.0266. The number of hydrogen-bond acceptors (Lipinski definition) is 6. The molecule has 1 atom stereocenters. The second-order valence-electron chi connectivity index (χ2n) is 15.3. The normalized spacial score (nSPS) is 12.6. The van der Waals surface area contributed by atoms with Crippen LogP contribution in [-0.4, -0.2) is 37.2 Å². The Morgan fingerprint density at radius 2 is 0.696 bits per heavy atom. The Hall–Kier alpha value is -2.89. The number of ether oxygens (including phenoxy) is 3. The van der Waals surface area contributed by atoms with Crippen molar-refractivity contribution in [2.24, 2.45) is 0 Å². The fourth-order valence-corrected chi connectivity index (χ4v) is 6.25. The maximum Gasteiger partial charge on any atom is 0.306 e. The van der Waals surface area contributed by atoms with E-state index in [-0.39, 0.29) is 31.1 Å². The molecular formula is C50H86O6. The van der Waals surface area contributed by atoms with Gasteiger partial charge in [0.25, 0.3) is 0 Å². The lowest BCUT2D eigenvalue weighted by atomic mass is 10.1. The largest absolute Gasteiger partial charge is 0.462 e. The molecule has 322 valence electrons. The first-order valence-corrected chi connectivity index (χ1v) is 23.3. The van der Waals surface area contributed by atoms with E-state index in [1.807, 2.05) is 0 Å². The van der Waals surface area contributed by atoms with E-state index in [4.69, 9.17) is 14.2 Å². The molecule has 56 heavy (non-hydrogen) atoms. The van der Waals surface area contributed by atoms with Gasteiger partial charge >= 0.3 is 17.9 Å². The molecule has 0 aromatic heterocycles. The molecule has 0 spiro atoms. The Morgan fingerprint density at radius 3 is 1.14 bits per heavy atom. The minimum absolute atomic E-state index is 0.0883. The van der Waals surface area contributed by atoms with E-state index in [9.17, 15) is 14.4 Å². The second-order valence-corrected chi connectivity index (χ2v) is 15.3. The molecule has 0 heterocycles. The average molecular weight is 783 g/mol. The Bertz CT molecular complexity index is 1040. The van der Waals surface area contributed by atoms with Gasteiger partial charge in [-0.05, 0) is 83.5 Å². The summed E-state index contributed by atoms with van der Waals surface area (Å²) in [6, 6.07) is 0. The van der Waals surface area contributed by atoms with E-state index in [1.165, 1.54) is 83.5 Å². The Morgan fingerprint density at radius 1 is 0.375 bits per heavy atom. The lowest BCUT2D eigenvalue weighted by Gasteiger charge is -2.18. The molecule has 0 saturated carbocycles. The van der Waals surface area contributed by atoms with Gasteiger partial charge in [-0.15, -0.1) is 0 Å². The number of allylic oxidation sites excluding steroid dienone is 10. The summed E-state index contributed by atoms with van der Waals surface area (Å²) in [4.78, 5) is 37.7. The fourth-order valence-electron chi connectivity index (χ4n) is 6.25. The minimum atomic E-state index is -0.788. The Balaban J connectivity index is 4.36. The summed E-state index contributed by atoms with van der Waals surface area (Å²) in [5, 5.41) is 0. The van der Waals surface area contributed by atoms with Crippen LogP contribution in [0.4, 0.5) is 0 Å². The van der Waals surface area contributed by atoms with Crippen molar-refractivity contribution < 1.29 is 28.6 Å². The highest BCUT2D eigenvalue weighted by atomic mass is 16.6. The molecule has 0 amide bonds. The van der Waals surface area contributed by atoms with Crippen LogP contribution in [0.3, 0.4) is 0 Å². The van der Waals surface area contributed by atoms with E-state index in [1.54, 1.807) is 0 Å². The van der Waals surface area contributed by atoms with Crippen LogP contribution >= 0.6 is 0 Å². The lowest BCUT2D eigenvalue weighted by molar-refractivity contribution is -0.167. The molecule has 0 rings (SSSR count). The van der Waals surface area contributed by atoms with E-state index >= 15 is 0 Å². The van der Waals surface area contributed by atoms with E-state index in [0.29, 0.717) is 19.3 Å². The number of rotatable bonds is 41. The summed E-state index contributed by atoms with van der Waals surface area (Å²) in [6.45, 7) is 6.42. The highest BCUT2D eigenvalue weighted by Gasteiger charge is 2.19. The molecule has 0 radical (unpaired) electrons. The minimum Gasteiger partial charge on any atom is -0.462 e. The molecule has 0 aliphatic heterocycles. The zero-order valence-electron chi connectivity index (χ0n) is 36.6. The third kappa shape index (κ3) is 42.3. The molecule has 0 bridgehead atoms. The number of carbonyl (C=O) groups is 3. The summed E-state index contributed by atoms with van der Waals surface area (Å²) in [5.74, 6) is -0.933.